The average molecular weight is 352 g/mol. The summed E-state index contributed by atoms with van der Waals surface area (Å²) in [5, 5.41) is 12.7. The second kappa shape index (κ2) is 5.93. The van der Waals surface area contributed by atoms with Crippen molar-refractivity contribution in [2.45, 2.75) is 52.2 Å². The molecular weight excluding hydrogens is 330 g/mol. The van der Waals surface area contributed by atoms with Crippen LogP contribution in [0.1, 0.15) is 42.4 Å². The Morgan fingerprint density at radius 3 is 2.76 bits per heavy atom. The Morgan fingerprint density at radius 1 is 1.38 bits per heavy atom. The van der Waals surface area contributed by atoms with E-state index in [9.17, 15) is 0 Å². The fourth-order valence-electron chi connectivity index (χ4n) is 2.50. The largest absolute Gasteiger partial charge is 0.310 e. The molecule has 1 N–H and O–H groups in total. The second-order valence-corrected chi connectivity index (χ2v) is 6.57. The Kier molecular flexibility index (Phi) is 4.17. The van der Waals surface area contributed by atoms with E-state index in [2.05, 4.69) is 51.5 Å². The van der Waals surface area contributed by atoms with Gasteiger partial charge in [-0.25, -0.2) is 0 Å². The van der Waals surface area contributed by atoms with E-state index >= 15 is 0 Å². The summed E-state index contributed by atoms with van der Waals surface area (Å²) in [6.45, 7) is 5.87. The van der Waals surface area contributed by atoms with E-state index in [4.69, 9.17) is 0 Å². The van der Waals surface area contributed by atoms with E-state index < -0.39 is 0 Å². The van der Waals surface area contributed by atoms with Gasteiger partial charge < -0.3 is 5.32 Å². The molecule has 2 aromatic heterocycles. The molecule has 2 heterocycles. The maximum Gasteiger partial charge on any atom is 0.0839 e. The van der Waals surface area contributed by atoms with Crippen molar-refractivity contribution in [2.75, 3.05) is 0 Å². The van der Waals surface area contributed by atoms with E-state index in [1.165, 1.54) is 18.4 Å². The second-order valence-electron chi connectivity index (χ2n) is 5.78. The monoisotopic (exact) mass is 351 g/mol. The molecule has 0 aliphatic heterocycles. The van der Waals surface area contributed by atoms with Crippen molar-refractivity contribution in [3.05, 3.63) is 33.3 Å². The lowest BCUT2D eigenvalue weighted by molar-refractivity contribution is 0.612. The van der Waals surface area contributed by atoms with Crippen LogP contribution in [-0.4, -0.2) is 25.6 Å². The fraction of sp³-hybridized carbons (Fsp3) is 0.600. The quantitative estimate of drug-likeness (QED) is 0.869. The minimum absolute atomic E-state index is 0.728. The molecule has 0 unspecified atom stereocenters. The van der Waals surface area contributed by atoms with Crippen LogP contribution in [0, 0.1) is 6.92 Å². The maximum absolute atomic E-state index is 4.64. The van der Waals surface area contributed by atoms with Gasteiger partial charge in [-0.3, -0.25) is 9.36 Å². The summed E-state index contributed by atoms with van der Waals surface area (Å²) in [6, 6.07) is 0.728. The third-order valence-corrected chi connectivity index (χ3v) is 4.94. The van der Waals surface area contributed by atoms with Gasteiger partial charge in [0.05, 0.1) is 28.1 Å². The SMILES string of the molecule is CCc1nn(C)c(Cn2cc(CNC3CC3)c(C)n2)c1Br. The van der Waals surface area contributed by atoms with E-state index in [0.29, 0.717) is 0 Å². The van der Waals surface area contributed by atoms with Crippen LogP contribution in [0.25, 0.3) is 0 Å². The van der Waals surface area contributed by atoms with Crippen LogP contribution in [0.2, 0.25) is 0 Å². The first-order valence-electron chi connectivity index (χ1n) is 7.55. The van der Waals surface area contributed by atoms with Gasteiger partial charge in [0.2, 0.25) is 0 Å². The van der Waals surface area contributed by atoms with Crippen molar-refractivity contribution in [2.24, 2.45) is 7.05 Å². The molecule has 1 aliphatic rings. The minimum atomic E-state index is 0.728. The van der Waals surface area contributed by atoms with Gasteiger partial charge in [-0.05, 0) is 42.1 Å². The number of halogens is 1. The minimum Gasteiger partial charge on any atom is -0.310 e. The molecule has 2 aromatic rings. The zero-order valence-corrected chi connectivity index (χ0v) is 14.4. The molecule has 0 saturated heterocycles. The Labute approximate surface area is 133 Å². The highest BCUT2D eigenvalue weighted by Crippen LogP contribution is 2.23. The summed E-state index contributed by atoms with van der Waals surface area (Å²) in [4.78, 5) is 0. The van der Waals surface area contributed by atoms with Crippen molar-refractivity contribution >= 4 is 15.9 Å². The van der Waals surface area contributed by atoms with E-state index in [0.717, 1.165) is 47.1 Å². The van der Waals surface area contributed by atoms with Crippen molar-refractivity contribution in [3.8, 4) is 0 Å². The van der Waals surface area contributed by atoms with Gasteiger partial charge in [0.15, 0.2) is 0 Å². The van der Waals surface area contributed by atoms with E-state index in [1.807, 2.05) is 16.4 Å². The molecule has 0 aromatic carbocycles. The molecule has 1 saturated carbocycles. The standard InChI is InChI=1S/C15H22BrN5/c1-4-13-15(16)14(20(3)19-13)9-21-8-11(10(2)18-21)7-17-12-5-6-12/h8,12,17H,4-7,9H2,1-3H3. The van der Waals surface area contributed by atoms with Crippen LogP contribution in [0.5, 0.6) is 0 Å². The van der Waals surface area contributed by atoms with Gasteiger partial charge in [0.1, 0.15) is 0 Å². The number of hydrogen-bond acceptors (Lipinski definition) is 3. The highest BCUT2D eigenvalue weighted by molar-refractivity contribution is 9.10. The summed E-state index contributed by atoms with van der Waals surface area (Å²) in [7, 11) is 1.99. The smallest absolute Gasteiger partial charge is 0.0839 e. The first-order valence-corrected chi connectivity index (χ1v) is 8.34. The average Bonchev–Trinajstić information content (AvgIpc) is 3.17. The molecule has 0 radical (unpaired) electrons. The zero-order valence-electron chi connectivity index (χ0n) is 12.9. The maximum atomic E-state index is 4.64. The van der Waals surface area contributed by atoms with Crippen molar-refractivity contribution < 1.29 is 0 Å². The molecule has 0 bridgehead atoms. The topological polar surface area (TPSA) is 47.7 Å². The summed E-state index contributed by atoms with van der Waals surface area (Å²) in [6.07, 6.45) is 5.71. The van der Waals surface area contributed by atoms with Crippen LogP contribution in [0.4, 0.5) is 0 Å². The molecule has 6 heteroatoms. The highest BCUT2D eigenvalue weighted by atomic mass is 79.9. The van der Waals surface area contributed by atoms with Crippen LogP contribution in [0.3, 0.4) is 0 Å². The number of aromatic nitrogens is 4. The van der Waals surface area contributed by atoms with Gasteiger partial charge in [0, 0.05) is 31.4 Å². The Hall–Kier alpha value is -1.14. The molecule has 5 nitrogen and oxygen atoms in total. The molecule has 114 valence electrons. The van der Waals surface area contributed by atoms with Crippen LogP contribution < -0.4 is 5.32 Å². The van der Waals surface area contributed by atoms with Crippen LogP contribution in [-0.2, 0) is 26.6 Å². The van der Waals surface area contributed by atoms with Gasteiger partial charge >= 0.3 is 0 Å². The normalized spacial score (nSPS) is 14.9. The number of aryl methyl sites for hydroxylation is 3. The number of hydrogen-bond donors (Lipinski definition) is 1. The lowest BCUT2D eigenvalue weighted by Gasteiger charge is -2.03. The fourth-order valence-corrected chi connectivity index (χ4v) is 3.24. The van der Waals surface area contributed by atoms with E-state index in [1.54, 1.807) is 0 Å². The number of nitrogens with one attached hydrogen (secondary N) is 1. The lowest BCUT2D eigenvalue weighted by atomic mass is 10.2. The summed E-state index contributed by atoms with van der Waals surface area (Å²) < 4.78 is 5.07. The predicted octanol–water partition coefficient (Wildman–Crippen LogP) is 2.55. The molecule has 1 aliphatic carbocycles. The molecule has 1 fully saturated rings. The number of rotatable bonds is 6. The van der Waals surface area contributed by atoms with Gasteiger partial charge in [-0.15, -0.1) is 0 Å². The van der Waals surface area contributed by atoms with Crippen LogP contribution in [0.15, 0.2) is 10.7 Å². The molecule has 0 atom stereocenters. The van der Waals surface area contributed by atoms with Gasteiger partial charge in [-0.2, -0.15) is 10.2 Å². The molecular formula is C15H22BrN5. The first kappa shape index (κ1) is 14.8. The number of nitrogens with zero attached hydrogens (tertiary/aromatic N) is 4. The zero-order chi connectivity index (χ0) is 15.0. The van der Waals surface area contributed by atoms with Gasteiger partial charge in [-0.1, -0.05) is 6.92 Å². The molecule has 21 heavy (non-hydrogen) atoms. The lowest BCUT2D eigenvalue weighted by Crippen LogP contribution is -2.15. The van der Waals surface area contributed by atoms with Gasteiger partial charge in [0.25, 0.3) is 0 Å². The van der Waals surface area contributed by atoms with Crippen molar-refractivity contribution in [1.29, 1.82) is 0 Å². The van der Waals surface area contributed by atoms with Crippen molar-refractivity contribution in [3.63, 3.8) is 0 Å². The molecule has 3 rings (SSSR count). The Morgan fingerprint density at radius 2 is 2.14 bits per heavy atom. The summed E-state index contributed by atoms with van der Waals surface area (Å²) >= 11 is 3.67. The Bertz CT molecular complexity index is 639. The highest BCUT2D eigenvalue weighted by Gasteiger charge is 2.21. The first-order chi connectivity index (χ1) is 10.1. The molecule has 0 spiro atoms. The van der Waals surface area contributed by atoms with Crippen LogP contribution >= 0.6 is 15.9 Å². The summed E-state index contributed by atoms with van der Waals surface area (Å²) in [5.74, 6) is 0. The third-order valence-electron chi connectivity index (χ3n) is 4.02. The van der Waals surface area contributed by atoms with E-state index in [-0.39, 0.29) is 0 Å². The third kappa shape index (κ3) is 3.21. The van der Waals surface area contributed by atoms with Crippen molar-refractivity contribution in [1.82, 2.24) is 24.9 Å². The summed E-state index contributed by atoms with van der Waals surface area (Å²) in [5.41, 5.74) is 4.66. The Balaban J connectivity index is 1.75. The molecule has 0 amide bonds. The predicted molar refractivity (Wildman–Crippen MR) is 86.2 cm³/mol.